The zero-order chi connectivity index (χ0) is 8.48. The minimum absolute atomic E-state index is 0.283. The Bertz CT molecular complexity index is 212. The van der Waals surface area contributed by atoms with Crippen molar-refractivity contribution < 1.29 is 13.2 Å². The van der Waals surface area contributed by atoms with E-state index in [1.54, 1.807) is 6.92 Å². The van der Waals surface area contributed by atoms with E-state index >= 15 is 0 Å². The van der Waals surface area contributed by atoms with Gasteiger partial charge in [-0.3, -0.25) is 0 Å². The number of alkyl halides is 3. The molecule has 4 heteroatoms. The molecule has 0 saturated heterocycles. The Balaban J connectivity index is 2.77. The van der Waals surface area contributed by atoms with Crippen LogP contribution < -0.4 is 5.32 Å². The zero-order valence-electron chi connectivity index (χ0n) is 6.00. The van der Waals surface area contributed by atoms with Crippen LogP contribution in [0.3, 0.4) is 0 Å². The van der Waals surface area contributed by atoms with Crippen molar-refractivity contribution in [1.29, 1.82) is 0 Å². The van der Waals surface area contributed by atoms with Gasteiger partial charge in [0.1, 0.15) is 5.70 Å². The molecule has 0 atom stereocenters. The highest BCUT2D eigenvalue weighted by molar-refractivity contribution is 5.24. The molecule has 1 rings (SSSR count). The lowest BCUT2D eigenvalue weighted by Crippen LogP contribution is -2.29. The molecule has 1 aliphatic heterocycles. The fraction of sp³-hybridized carbons (Fsp3) is 0.429. The lowest BCUT2D eigenvalue weighted by molar-refractivity contribution is -0.0966. The number of dihydropyridines is 1. The number of nitrogens with one attached hydrogen (secondary N) is 1. The maximum absolute atomic E-state index is 11.9. The van der Waals surface area contributed by atoms with E-state index in [-0.39, 0.29) is 6.54 Å². The average Bonchev–Trinajstić information content (AvgIpc) is 1.86. The van der Waals surface area contributed by atoms with Crippen LogP contribution in [-0.4, -0.2) is 12.7 Å². The molecule has 0 fully saturated rings. The summed E-state index contributed by atoms with van der Waals surface area (Å²) in [6, 6.07) is 0. The van der Waals surface area contributed by atoms with Crippen LogP contribution in [0.2, 0.25) is 0 Å². The summed E-state index contributed by atoms with van der Waals surface area (Å²) < 4.78 is 35.7. The second kappa shape index (κ2) is 2.60. The van der Waals surface area contributed by atoms with Crippen LogP contribution >= 0.6 is 0 Å². The van der Waals surface area contributed by atoms with Gasteiger partial charge in [-0.2, -0.15) is 13.2 Å². The van der Waals surface area contributed by atoms with E-state index in [1.165, 1.54) is 6.08 Å². The van der Waals surface area contributed by atoms with Crippen molar-refractivity contribution in [3.05, 3.63) is 23.4 Å². The monoisotopic (exact) mass is 163 g/mol. The van der Waals surface area contributed by atoms with Gasteiger partial charge in [0.25, 0.3) is 0 Å². The third-order valence-corrected chi connectivity index (χ3v) is 1.40. The van der Waals surface area contributed by atoms with E-state index in [9.17, 15) is 13.2 Å². The van der Waals surface area contributed by atoms with E-state index in [4.69, 9.17) is 0 Å². The molecule has 1 N–H and O–H groups in total. The lowest BCUT2D eigenvalue weighted by Gasteiger charge is -2.16. The van der Waals surface area contributed by atoms with Gasteiger partial charge in [-0.1, -0.05) is 11.6 Å². The van der Waals surface area contributed by atoms with Gasteiger partial charge in [0.2, 0.25) is 0 Å². The highest BCUT2D eigenvalue weighted by Crippen LogP contribution is 2.24. The van der Waals surface area contributed by atoms with E-state index in [1.807, 2.05) is 0 Å². The number of hydrogen-bond acceptors (Lipinski definition) is 1. The molecule has 0 amide bonds. The Morgan fingerprint density at radius 2 is 2.00 bits per heavy atom. The SMILES string of the molecule is CC1=CC=C(C(F)(F)F)NC1. The molecule has 0 unspecified atom stereocenters. The highest BCUT2D eigenvalue weighted by atomic mass is 19.4. The summed E-state index contributed by atoms with van der Waals surface area (Å²) in [5.74, 6) is 0. The maximum Gasteiger partial charge on any atom is 0.430 e. The molecule has 0 aromatic carbocycles. The summed E-state index contributed by atoms with van der Waals surface area (Å²) in [5, 5.41) is 2.28. The molecule has 0 aromatic rings. The van der Waals surface area contributed by atoms with Crippen LogP contribution in [0, 0.1) is 0 Å². The predicted octanol–water partition coefficient (Wildman–Crippen LogP) is 1.98. The zero-order valence-corrected chi connectivity index (χ0v) is 6.00. The maximum atomic E-state index is 11.9. The smallest absolute Gasteiger partial charge is 0.377 e. The second-order valence-corrected chi connectivity index (χ2v) is 2.44. The highest BCUT2D eigenvalue weighted by Gasteiger charge is 2.33. The summed E-state index contributed by atoms with van der Waals surface area (Å²) in [5.41, 5.74) is 0.237. The third-order valence-electron chi connectivity index (χ3n) is 1.40. The summed E-state index contributed by atoms with van der Waals surface area (Å²) in [6.07, 6.45) is -1.71. The quantitative estimate of drug-likeness (QED) is 0.575. The first kappa shape index (κ1) is 8.17. The van der Waals surface area contributed by atoms with Crippen molar-refractivity contribution in [2.75, 3.05) is 6.54 Å². The van der Waals surface area contributed by atoms with E-state index in [0.717, 1.165) is 11.6 Å². The van der Waals surface area contributed by atoms with Crippen molar-refractivity contribution in [3.8, 4) is 0 Å². The van der Waals surface area contributed by atoms with Crippen LogP contribution in [0.15, 0.2) is 23.4 Å². The van der Waals surface area contributed by atoms with Gasteiger partial charge < -0.3 is 5.32 Å². The fourth-order valence-corrected chi connectivity index (χ4v) is 0.773. The van der Waals surface area contributed by atoms with Gasteiger partial charge in [-0.15, -0.1) is 0 Å². The Hall–Kier alpha value is -0.930. The van der Waals surface area contributed by atoms with Crippen LogP contribution in [0.4, 0.5) is 13.2 Å². The van der Waals surface area contributed by atoms with Gasteiger partial charge in [0, 0.05) is 6.54 Å². The van der Waals surface area contributed by atoms with Gasteiger partial charge in [-0.05, 0) is 13.0 Å². The standard InChI is InChI=1S/C7H8F3N/c1-5-2-3-6(11-4-5)7(8,9)10/h2-3,11H,4H2,1H3. The van der Waals surface area contributed by atoms with Crippen molar-refractivity contribution in [2.24, 2.45) is 0 Å². The largest absolute Gasteiger partial charge is 0.430 e. The normalized spacial score (nSPS) is 18.5. The molecule has 0 bridgehead atoms. The molecule has 0 spiro atoms. The van der Waals surface area contributed by atoms with Crippen LogP contribution in [0.1, 0.15) is 6.92 Å². The molecule has 11 heavy (non-hydrogen) atoms. The molecule has 0 aromatic heterocycles. The van der Waals surface area contributed by atoms with E-state index in [2.05, 4.69) is 5.32 Å². The van der Waals surface area contributed by atoms with E-state index < -0.39 is 11.9 Å². The van der Waals surface area contributed by atoms with Gasteiger partial charge in [0.05, 0.1) is 0 Å². The van der Waals surface area contributed by atoms with Crippen LogP contribution in [0.5, 0.6) is 0 Å². The first-order valence-corrected chi connectivity index (χ1v) is 3.18. The van der Waals surface area contributed by atoms with Crippen LogP contribution in [0.25, 0.3) is 0 Å². The molecule has 1 aliphatic rings. The Morgan fingerprint density at radius 1 is 1.36 bits per heavy atom. The lowest BCUT2D eigenvalue weighted by atomic mass is 10.2. The molecule has 0 aliphatic carbocycles. The number of rotatable bonds is 0. The molecule has 62 valence electrons. The van der Waals surface area contributed by atoms with Gasteiger partial charge >= 0.3 is 6.18 Å². The molecule has 1 heterocycles. The Kier molecular flexibility index (Phi) is 1.93. The molecule has 0 radical (unpaired) electrons. The number of hydrogen-bond donors (Lipinski definition) is 1. The summed E-state index contributed by atoms with van der Waals surface area (Å²) >= 11 is 0. The van der Waals surface area contributed by atoms with Crippen molar-refractivity contribution in [3.63, 3.8) is 0 Å². The van der Waals surface area contributed by atoms with Crippen molar-refractivity contribution >= 4 is 0 Å². The topological polar surface area (TPSA) is 12.0 Å². The third kappa shape index (κ3) is 2.00. The van der Waals surface area contributed by atoms with Crippen molar-refractivity contribution in [2.45, 2.75) is 13.1 Å². The number of allylic oxidation sites excluding steroid dienone is 3. The van der Waals surface area contributed by atoms with E-state index in [0.29, 0.717) is 0 Å². The first-order chi connectivity index (χ1) is 5.00. The van der Waals surface area contributed by atoms with Crippen LogP contribution in [-0.2, 0) is 0 Å². The predicted molar refractivity (Wildman–Crippen MR) is 35.9 cm³/mol. The number of halogens is 3. The summed E-state index contributed by atoms with van der Waals surface area (Å²) in [4.78, 5) is 0. The molecule has 0 saturated carbocycles. The summed E-state index contributed by atoms with van der Waals surface area (Å²) in [7, 11) is 0. The van der Waals surface area contributed by atoms with Gasteiger partial charge in [-0.25, -0.2) is 0 Å². The Morgan fingerprint density at radius 3 is 2.36 bits per heavy atom. The molecule has 1 nitrogen and oxygen atoms in total. The Labute approximate surface area is 62.6 Å². The fourth-order valence-electron chi connectivity index (χ4n) is 0.773. The summed E-state index contributed by atoms with van der Waals surface area (Å²) in [6.45, 7) is 2.06. The molecular weight excluding hydrogens is 155 g/mol. The average molecular weight is 163 g/mol. The minimum Gasteiger partial charge on any atom is -0.377 e. The first-order valence-electron chi connectivity index (χ1n) is 3.18. The van der Waals surface area contributed by atoms with Crippen molar-refractivity contribution in [1.82, 2.24) is 5.32 Å². The minimum atomic E-state index is -4.24. The van der Waals surface area contributed by atoms with Gasteiger partial charge in [0.15, 0.2) is 0 Å². The molecular formula is C7H8F3N. The second-order valence-electron chi connectivity index (χ2n) is 2.44.